The fourth-order valence-electron chi connectivity index (χ4n) is 1.53. The van der Waals surface area contributed by atoms with Crippen LogP contribution in [0.25, 0.3) is 10.9 Å². The van der Waals surface area contributed by atoms with E-state index in [0.717, 1.165) is 6.07 Å². The highest BCUT2D eigenvalue weighted by Gasteiger charge is 2.19. The molecule has 3 nitrogen and oxygen atoms in total. The molecular weight excluding hydrogens is 343 g/mol. The maximum atomic E-state index is 13.5. The molecule has 1 N–H and O–H groups in total. The highest BCUT2D eigenvalue weighted by molar-refractivity contribution is 14.1. The van der Waals surface area contributed by atoms with E-state index in [0.29, 0.717) is 8.96 Å². The molecule has 90 valence electrons. The standard InChI is InChI=1S/C11H8F2INO2/c1-2-17-11(16)10-8(14)6-3-5(12)4-7(13)9(6)15-10/h3-4,15H,2H2,1H3. The lowest BCUT2D eigenvalue weighted by atomic mass is 10.2. The Labute approximate surface area is 109 Å². The Hall–Kier alpha value is -1.18. The molecular formula is C11H8F2INO2. The summed E-state index contributed by atoms with van der Waals surface area (Å²) in [5.41, 5.74) is 0.255. The van der Waals surface area contributed by atoms with Gasteiger partial charge in [0.2, 0.25) is 0 Å². The summed E-state index contributed by atoms with van der Waals surface area (Å²) in [6.07, 6.45) is 0. The Morgan fingerprint density at radius 1 is 1.47 bits per heavy atom. The maximum absolute atomic E-state index is 13.5. The van der Waals surface area contributed by atoms with E-state index in [9.17, 15) is 13.6 Å². The first-order chi connectivity index (χ1) is 8.04. The van der Waals surface area contributed by atoms with Crippen LogP contribution in [0.1, 0.15) is 17.4 Å². The Bertz CT molecular complexity index is 595. The van der Waals surface area contributed by atoms with Gasteiger partial charge in [-0.15, -0.1) is 0 Å². The molecule has 17 heavy (non-hydrogen) atoms. The third-order valence-corrected chi connectivity index (χ3v) is 3.36. The van der Waals surface area contributed by atoms with Crippen LogP contribution in [0.3, 0.4) is 0 Å². The normalized spacial score (nSPS) is 10.8. The predicted molar refractivity (Wildman–Crippen MR) is 66.9 cm³/mol. The number of hydrogen-bond acceptors (Lipinski definition) is 2. The van der Waals surface area contributed by atoms with E-state index < -0.39 is 17.6 Å². The van der Waals surface area contributed by atoms with Crippen molar-refractivity contribution in [3.63, 3.8) is 0 Å². The van der Waals surface area contributed by atoms with Crippen LogP contribution in [0.4, 0.5) is 8.78 Å². The van der Waals surface area contributed by atoms with Gasteiger partial charge in [0, 0.05) is 11.5 Å². The van der Waals surface area contributed by atoms with Gasteiger partial charge in [0.05, 0.1) is 15.7 Å². The molecule has 0 saturated carbocycles. The Kier molecular flexibility index (Phi) is 3.32. The molecule has 6 heteroatoms. The van der Waals surface area contributed by atoms with Gasteiger partial charge >= 0.3 is 5.97 Å². The fraction of sp³-hybridized carbons (Fsp3) is 0.182. The number of carbonyl (C=O) groups excluding carboxylic acids is 1. The van der Waals surface area contributed by atoms with Crippen LogP contribution in [-0.4, -0.2) is 17.6 Å². The van der Waals surface area contributed by atoms with E-state index in [-0.39, 0.29) is 17.8 Å². The first kappa shape index (κ1) is 12.3. The molecule has 1 aromatic heterocycles. The summed E-state index contributed by atoms with van der Waals surface area (Å²) in [7, 11) is 0. The van der Waals surface area contributed by atoms with Gasteiger partial charge in [-0.05, 0) is 35.6 Å². The summed E-state index contributed by atoms with van der Waals surface area (Å²) in [6, 6.07) is 1.95. The molecule has 2 aromatic rings. The second-order valence-corrected chi connectivity index (χ2v) is 4.42. The summed E-state index contributed by atoms with van der Waals surface area (Å²) in [6.45, 7) is 1.90. The number of aromatic nitrogens is 1. The monoisotopic (exact) mass is 351 g/mol. The molecule has 0 aliphatic carbocycles. The largest absolute Gasteiger partial charge is 0.461 e. The zero-order chi connectivity index (χ0) is 12.6. The van der Waals surface area contributed by atoms with Gasteiger partial charge in [0.15, 0.2) is 0 Å². The molecule has 1 heterocycles. The molecule has 0 bridgehead atoms. The number of carbonyl (C=O) groups is 1. The van der Waals surface area contributed by atoms with Gasteiger partial charge in [0.1, 0.15) is 17.3 Å². The molecule has 0 fully saturated rings. The number of rotatable bonds is 2. The van der Waals surface area contributed by atoms with Crippen molar-refractivity contribution in [1.82, 2.24) is 4.98 Å². The van der Waals surface area contributed by atoms with Crippen LogP contribution >= 0.6 is 22.6 Å². The van der Waals surface area contributed by atoms with Crippen LogP contribution in [0.2, 0.25) is 0 Å². The molecule has 0 atom stereocenters. The lowest BCUT2D eigenvalue weighted by Crippen LogP contribution is -2.06. The number of fused-ring (bicyclic) bond motifs is 1. The SMILES string of the molecule is CCOC(=O)c1[nH]c2c(F)cc(F)cc2c1I. The number of ether oxygens (including phenoxy) is 1. The number of H-pyrrole nitrogens is 1. The number of nitrogens with one attached hydrogen (secondary N) is 1. The summed E-state index contributed by atoms with van der Waals surface area (Å²) in [5, 5.41) is 0.339. The number of esters is 1. The van der Waals surface area contributed by atoms with Crippen molar-refractivity contribution in [3.05, 3.63) is 33.0 Å². The molecule has 1 aromatic carbocycles. The quantitative estimate of drug-likeness (QED) is 0.667. The second-order valence-electron chi connectivity index (χ2n) is 3.34. The smallest absolute Gasteiger partial charge is 0.355 e. The van der Waals surface area contributed by atoms with Gasteiger partial charge in [-0.2, -0.15) is 0 Å². The predicted octanol–water partition coefficient (Wildman–Crippen LogP) is 3.23. The molecule has 0 saturated heterocycles. The average molecular weight is 351 g/mol. The van der Waals surface area contributed by atoms with Crippen LogP contribution in [0.5, 0.6) is 0 Å². The lowest BCUT2D eigenvalue weighted by molar-refractivity contribution is 0.0519. The van der Waals surface area contributed by atoms with Crippen molar-refractivity contribution in [2.45, 2.75) is 6.92 Å². The minimum absolute atomic E-state index is 0.110. The zero-order valence-corrected chi connectivity index (χ0v) is 11.0. The molecule has 2 rings (SSSR count). The van der Waals surface area contributed by atoms with Gasteiger partial charge in [0.25, 0.3) is 0 Å². The van der Waals surface area contributed by atoms with E-state index in [4.69, 9.17) is 4.74 Å². The summed E-state index contributed by atoms with van der Waals surface area (Å²) in [5.74, 6) is -1.98. The van der Waals surface area contributed by atoms with Crippen LogP contribution < -0.4 is 0 Å². The van der Waals surface area contributed by atoms with Crippen LogP contribution in [0, 0.1) is 15.2 Å². The first-order valence-electron chi connectivity index (χ1n) is 4.88. The highest BCUT2D eigenvalue weighted by atomic mass is 127. The Balaban J connectivity index is 2.64. The van der Waals surface area contributed by atoms with Gasteiger partial charge in [-0.25, -0.2) is 13.6 Å². The molecule has 0 aliphatic rings. The van der Waals surface area contributed by atoms with E-state index >= 15 is 0 Å². The molecule has 0 aliphatic heterocycles. The fourth-order valence-corrected chi connectivity index (χ4v) is 2.31. The molecule has 0 amide bonds. The molecule has 0 radical (unpaired) electrons. The van der Waals surface area contributed by atoms with Crippen molar-refractivity contribution >= 4 is 39.5 Å². The van der Waals surface area contributed by atoms with Crippen molar-refractivity contribution in [2.24, 2.45) is 0 Å². The zero-order valence-electron chi connectivity index (χ0n) is 8.81. The van der Waals surface area contributed by atoms with E-state index in [1.165, 1.54) is 6.07 Å². The Morgan fingerprint density at radius 3 is 2.82 bits per heavy atom. The number of hydrogen-bond donors (Lipinski definition) is 1. The van der Waals surface area contributed by atoms with Crippen LogP contribution in [0.15, 0.2) is 12.1 Å². The third-order valence-electron chi connectivity index (χ3n) is 2.24. The Morgan fingerprint density at radius 2 is 2.18 bits per heavy atom. The first-order valence-corrected chi connectivity index (χ1v) is 5.95. The molecule has 0 spiro atoms. The number of halogens is 3. The number of benzene rings is 1. The maximum Gasteiger partial charge on any atom is 0.355 e. The summed E-state index contributed by atoms with van der Waals surface area (Å²) in [4.78, 5) is 14.2. The van der Waals surface area contributed by atoms with Gasteiger partial charge in [-0.1, -0.05) is 0 Å². The second kappa shape index (κ2) is 4.59. The number of aromatic amines is 1. The van der Waals surface area contributed by atoms with Gasteiger partial charge < -0.3 is 9.72 Å². The molecule has 0 unspecified atom stereocenters. The van der Waals surface area contributed by atoms with E-state index in [2.05, 4.69) is 4.98 Å². The van der Waals surface area contributed by atoms with Crippen molar-refractivity contribution in [2.75, 3.05) is 6.61 Å². The van der Waals surface area contributed by atoms with Crippen molar-refractivity contribution in [3.8, 4) is 0 Å². The topological polar surface area (TPSA) is 42.1 Å². The van der Waals surface area contributed by atoms with Crippen molar-refractivity contribution < 1.29 is 18.3 Å². The summed E-state index contributed by atoms with van der Waals surface area (Å²) >= 11 is 1.86. The minimum atomic E-state index is -0.728. The lowest BCUT2D eigenvalue weighted by Gasteiger charge is -1.98. The highest BCUT2D eigenvalue weighted by Crippen LogP contribution is 2.27. The van der Waals surface area contributed by atoms with E-state index in [1.54, 1.807) is 6.92 Å². The van der Waals surface area contributed by atoms with E-state index in [1.807, 2.05) is 22.6 Å². The average Bonchev–Trinajstić information content (AvgIpc) is 2.57. The van der Waals surface area contributed by atoms with Crippen LogP contribution in [-0.2, 0) is 4.74 Å². The summed E-state index contributed by atoms with van der Waals surface area (Å²) < 4.78 is 31.8. The third kappa shape index (κ3) is 2.13. The van der Waals surface area contributed by atoms with Crippen molar-refractivity contribution in [1.29, 1.82) is 0 Å². The minimum Gasteiger partial charge on any atom is -0.461 e. The van der Waals surface area contributed by atoms with Gasteiger partial charge in [-0.3, -0.25) is 0 Å².